The minimum atomic E-state index is -3.52. The first-order chi connectivity index (χ1) is 14.0. The Hall–Kier alpha value is -2.84. The van der Waals surface area contributed by atoms with Crippen LogP contribution < -0.4 is 9.47 Å². The molecule has 1 amide bonds. The van der Waals surface area contributed by atoms with E-state index in [-0.39, 0.29) is 23.9 Å². The Bertz CT molecular complexity index is 1010. The Morgan fingerprint density at radius 1 is 0.897 bits per heavy atom. The molecular formula is C21H22N2O5S. The summed E-state index contributed by atoms with van der Waals surface area (Å²) in [6.45, 7) is 2.32. The quantitative estimate of drug-likeness (QED) is 0.716. The summed E-state index contributed by atoms with van der Waals surface area (Å²) in [5.74, 6) is 1.23. The second-order valence-corrected chi connectivity index (χ2v) is 8.72. The molecule has 7 nitrogen and oxygen atoms in total. The zero-order valence-electron chi connectivity index (χ0n) is 15.9. The second kappa shape index (κ2) is 8.26. The van der Waals surface area contributed by atoms with Crippen molar-refractivity contribution in [2.75, 3.05) is 39.4 Å². The van der Waals surface area contributed by atoms with Crippen LogP contribution >= 0.6 is 0 Å². The first-order valence-electron chi connectivity index (χ1n) is 9.46. The van der Waals surface area contributed by atoms with Crippen LogP contribution in [-0.4, -0.2) is 62.9 Å². The van der Waals surface area contributed by atoms with Crippen LogP contribution in [-0.2, 0) is 14.8 Å². The van der Waals surface area contributed by atoms with E-state index in [1.807, 2.05) is 18.2 Å². The molecule has 2 heterocycles. The molecule has 0 bridgehead atoms. The first kappa shape index (κ1) is 19.5. The van der Waals surface area contributed by atoms with Crippen molar-refractivity contribution in [3.8, 4) is 11.5 Å². The molecule has 152 valence electrons. The lowest BCUT2D eigenvalue weighted by Crippen LogP contribution is -2.50. The maximum atomic E-state index is 12.7. The standard InChI is InChI=1S/C21H22N2O5S/c24-21(9-7-17-6-8-19-20(16-17)28-15-14-27-19)22-10-12-23(13-11-22)29(25,26)18-4-2-1-3-5-18/h1-9,16H,10-15H2/b9-7+. The van der Waals surface area contributed by atoms with Gasteiger partial charge in [-0.15, -0.1) is 0 Å². The molecule has 0 atom stereocenters. The van der Waals surface area contributed by atoms with Crippen molar-refractivity contribution in [2.45, 2.75) is 4.90 Å². The fourth-order valence-electron chi connectivity index (χ4n) is 3.33. The number of hydrogen-bond acceptors (Lipinski definition) is 5. The number of piperazine rings is 1. The zero-order chi connectivity index (χ0) is 20.3. The van der Waals surface area contributed by atoms with Crippen molar-refractivity contribution in [3.63, 3.8) is 0 Å². The third-order valence-electron chi connectivity index (χ3n) is 4.92. The molecule has 8 heteroatoms. The van der Waals surface area contributed by atoms with Gasteiger partial charge in [-0.1, -0.05) is 24.3 Å². The summed E-state index contributed by atoms with van der Waals surface area (Å²) < 4.78 is 37.8. The lowest BCUT2D eigenvalue weighted by atomic mass is 10.1. The predicted octanol–water partition coefficient (Wildman–Crippen LogP) is 2.00. The Labute approximate surface area is 170 Å². The van der Waals surface area contributed by atoms with Crippen LogP contribution in [0.5, 0.6) is 11.5 Å². The maximum absolute atomic E-state index is 12.7. The molecule has 2 aromatic carbocycles. The summed E-state index contributed by atoms with van der Waals surface area (Å²) in [4.78, 5) is 14.4. The molecule has 4 rings (SSSR count). The molecule has 2 aliphatic heterocycles. The Balaban J connectivity index is 1.36. The molecule has 0 saturated carbocycles. The number of carbonyl (C=O) groups is 1. The summed E-state index contributed by atoms with van der Waals surface area (Å²) in [6, 6.07) is 13.9. The number of hydrogen-bond donors (Lipinski definition) is 0. The molecule has 0 aromatic heterocycles. The van der Waals surface area contributed by atoms with Crippen LogP contribution in [0.15, 0.2) is 59.5 Å². The number of sulfonamides is 1. The summed E-state index contributed by atoms with van der Waals surface area (Å²) in [7, 11) is -3.52. The fraction of sp³-hybridized carbons (Fsp3) is 0.286. The van der Waals surface area contributed by atoms with Crippen LogP contribution in [0, 0.1) is 0 Å². The van der Waals surface area contributed by atoms with Gasteiger partial charge >= 0.3 is 0 Å². The van der Waals surface area contributed by atoms with Gasteiger partial charge in [0.05, 0.1) is 4.90 Å². The molecular weight excluding hydrogens is 392 g/mol. The van der Waals surface area contributed by atoms with E-state index in [9.17, 15) is 13.2 Å². The van der Waals surface area contributed by atoms with Gasteiger partial charge in [0.1, 0.15) is 13.2 Å². The van der Waals surface area contributed by atoms with E-state index in [0.717, 1.165) is 5.56 Å². The minimum Gasteiger partial charge on any atom is -0.486 e. The van der Waals surface area contributed by atoms with E-state index < -0.39 is 10.0 Å². The summed E-state index contributed by atoms with van der Waals surface area (Å²) >= 11 is 0. The van der Waals surface area contributed by atoms with Crippen LogP contribution in [0.2, 0.25) is 0 Å². The highest BCUT2D eigenvalue weighted by molar-refractivity contribution is 7.89. The number of benzene rings is 2. The van der Waals surface area contributed by atoms with Gasteiger partial charge in [0.2, 0.25) is 15.9 Å². The average Bonchev–Trinajstić information content (AvgIpc) is 2.78. The van der Waals surface area contributed by atoms with Crippen LogP contribution in [0.3, 0.4) is 0 Å². The van der Waals surface area contributed by atoms with Crippen molar-refractivity contribution in [1.29, 1.82) is 0 Å². The van der Waals surface area contributed by atoms with Crippen LogP contribution in [0.25, 0.3) is 6.08 Å². The number of fused-ring (bicyclic) bond motifs is 1. The summed E-state index contributed by atoms with van der Waals surface area (Å²) in [5.41, 5.74) is 0.841. The molecule has 2 aliphatic rings. The fourth-order valence-corrected chi connectivity index (χ4v) is 4.77. The largest absolute Gasteiger partial charge is 0.486 e. The number of nitrogens with zero attached hydrogens (tertiary/aromatic N) is 2. The normalized spacial score (nSPS) is 17.4. The molecule has 0 N–H and O–H groups in total. The second-order valence-electron chi connectivity index (χ2n) is 6.78. The first-order valence-corrected chi connectivity index (χ1v) is 10.9. The van der Waals surface area contributed by atoms with Crippen molar-refractivity contribution in [3.05, 3.63) is 60.2 Å². The highest BCUT2D eigenvalue weighted by Crippen LogP contribution is 2.31. The van der Waals surface area contributed by atoms with Crippen molar-refractivity contribution in [1.82, 2.24) is 9.21 Å². The van der Waals surface area contributed by atoms with E-state index >= 15 is 0 Å². The smallest absolute Gasteiger partial charge is 0.246 e. The number of ether oxygens (including phenoxy) is 2. The zero-order valence-corrected chi connectivity index (χ0v) is 16.7. The lowest BCUT2D eigenvalue weighted by Gasteiger charge is -2.33. The molecule has 1 fully saturated rings. The van der Waals surface area contributed by atoms with E-state index in [0.29, 0.717) is 37.8 Å². The Morgan fingerprint density at radius 3 is 2.31 bits per heavy atom. The molecule has 1 saturated heterocycles. The number of amides is 1. The van der Waals surface area contributed by atoms with Crippen LogP contribution in [0.1, 0.15) is 5.56 Å². The highest BCUT2D eigenvalue weighted by atomic mass is 32.2. The van der Waals surface area contributed by atoms with Gasteiger partial charge in [0.15, 0.2) is 11.5 Å². The van der Waals surface area contributed by atoms with E-state index in [1.165, 1.54) is 10.4 Å². The topological polar surface area (TPSA) is 76.2 Å². The van der Waals surface area contributed by atoms with E-state index in [2.05, 4.69) is 0 Å². The lowest BCUT2D eigenvalue weighted by molar-refractivity contribution is -0.127. The van der Waals surface area contributed by atoms with Gasteiger partial charge < -0.3 is 14.4 Å². The maximum Gasteiger partial charge on any atom is 0.246 e. The van der Waals surface area contributed by atoms with Gasteiger partial charge in [0.25, 0.3) is 0 Å². The molecule has 0 radical (unpaired) electrons. The molecule has 0 aliphatic carbocycles. The van der Waals surface area contributed by atoms with E-state index in [4.69, 9.17) is 9.47 Å². The third-order valence-corrected chi connectivity index (χ3v) is 6.83. The number of rotatable bonds is 4. The molecule has 0 unspecified atom stereocenters. The highest BCUT2D eigenvalue weighted by Gasteiger charge is 2.29. The van der Waals surface area contributed by atoms with Crippen LogP contribution in [0.4, 0.5) is 0 Å². The Kier molecular flexibility index (Phi) is 5.55. The van der Waals surface area contributed by atoms with Gasteiger partial charge in [-0.2, -0.15) is 4.31 Å². The minimum absolute atomic E-state index is 0.142. The van der Waals surface area contributed by atoms with Gasteiger partial charge in [-0.25, -0.2) is 8.42 Å². The van der Waals surface area contributed by atoms with E-state index in [1.54, 1.807) is 41.3 Å². The summed E-state index contributed by atoms with van der Waals surface area (Å²) in [6.07, 6.45) is 3.24. The predicted molar refractivity (Wildman–Crippen MR) is 108 cm³/mol. The van der Waals surface area contributed by atoms with Gasteiger partial charge in [-0.3, -0.25) is 4.79 Å². The van der Waals surface area contributed by atoms with Crippen molar-refractivity contribution in [2.24, 2.45) is 0 Å². The van der Waals surface area contributed by atoms with Gasteiger partial charge in [-0.05, 0) is 35.9 Å². The number of carbonyl (C=O) groups excluding carboxylic acids is 1. The SMILES string of the molecule is O=C(/C=C/c1ccc2c(c1)OCCO2)N1CCN(S(=O)(=O)c2ccccc2)CC1. The Morgan fingerprint density at radius 2 is 1.59 bits per heavy atom. The third kappa shape index (κ3) is 4.28. The monoisotopic (exact) mass is 414 g/mol. The van der Waals surface area contributed by atoms with Crippen molar-refractivity contribution >= 4 is 22.0 Å². The van der Waals surface area contributed by atoms with Crippen molar-refractivity contribution < 1.29 is 22.7 Å². The molecule has 0 spiro atoms. The molecule has 29 heavy (non-hydrogen) atoms. The average molecular weight is 414 g/mol. The summed E-state index contributed by atoms with van der Waals surface area (Å²) in [5, 5.41) is 0. The molecule has 2 aromatic rings. The van der Waals surface area contributed by atoms with Gasteiger partial charge in [0, 0.05) is 32.3 Å².